The standard InChI is InChI=1S/C22H15ClFNO5/c23-16-9-13(12-5-6-18-19(11-12)30-8-7-29-18)10-17(24)20(16)25-21(26)14-3-1-2-4-15(14)22(27)28/h1-6,9-11H,7-8H2,(H,25,26)(H,27,28). The van der Waals surface area contributed by atoms with Crippen molar-refractivity contribution in [3.63, 3.8) is 0 Å². The summed E-state index contributed by atoms with van der Waals surface area (Å²) in [5, 5.41) is 11.6. The Morgan fingerprint density at radius 2 is 1.63 bits per heavy atom. The molecule has 0 bridgehead atoms. The van der Waals surface area contributed by atoms with Crippen molar-refractivity contribution in [2.24, 2.45) is 0 Å². The molecule has 2 N–H and O–H groups in total. The number of hydrogen-bond donors (Lipinski definition) is 2. The molecule has 1 aliphatic heterocycles. The number of aromatic carboxylic acids is 1. The number of carboxylic acids is 1. The van der Waals surface area contributed by atoms with Crippen molar-refractivity contribution in [2.45, 2.75) is 0 Å². The van der Waals surface area contributed by atoms with E-state index in [-0.39, 0.29) is 21.8 Å². The molecular formula is C22H15ClFNO5. The van der Waals surface area contributed by atoms with Crippen molar-refractivity contribution in [1.82, 2.24) is 0 Å². The molecule has 0 spiro atoms. The summed E-state index contributed by atoms with van der Waals surface area (Å²) in [5.41, 5.74) is 0.617. The number of hydrogen-bond acceptors (Lipinski definition) is 4. The fraction of sp³-hybridized carbons (Fsp3) is 0.0909. The summed E-state index contributed by atoms with van der Waals surface area (Å²) < 4.78 is 25.8. The van der Waals surface area contributed by atoms with Crippen LogP contribution in [0, 0.1) is 5.82 Å². The lowest BCUT2D eigenvalue weighted by Crippen LogP contribution is -2.17. The molecule has 6 nitrogen and oxygen atoms in total. The van der Waals surface area contributed by atoms with Crippen LogP contribution in [0.4, 0.5) is 10.1 Å². The number of anilines is 1. The predicted octanol–water partition coefficient (Wildman–Crippen LogP) is 4.87. The number of fused-ring (bicyclic) bond motifs is 1. The lowest BCUT2D eigenvalue weighted by atomic mass is 10.0. The Hall–Kier alpha value is -3.58. The largest absolute Gasteiger partial charge is 0.486 e. The van der Waals surface area contributed by atoms with Gasteiger partial charge in [0.25, 0.3) is 5.91 Å². The monoisotopic (exact) mass is 427 g/mol. The second-order valence-electron chi connectivity index (χ2n) is 6.48. The van der Waals surface area contributed by atoms with E-state index in [1.54, 1.807) is 18.2 Å². The summed E-state index contributed by atoms with van der Waals surface area (Å²) >= 11 is 6.23. The first-order chi connectivity index (χ1) is 14.4. The van der Waals surface area contributed by atoms with E-state index in [0.29, 0.717) is 35.8 Å². The number of ether oxygens (including phenoxy) is 2. The molecule has 0 saturated heterocycles. The predicted molar refractivity (Wildman–Crippen MR) is 109 cm³/mol. The molecule has 1 amide bonds. The van der Waals surface area contributed by atoms with Crippen LogP contribution in [0.2, 0.25) is 5.02 Å². The number of rotatable bonds is 4. The zero-order chi connectivity index (χ0) is 21.3. The molecule has 30 heavy (non-hydrogen) atoms. The first-order valence-corrected chi connectivity index (χ1v) is 9.34. The van der Waals surface area contributed by atoms with Gasteiger partial charge in [0.05, 0.1) is 21.8 Å². The van der Waals surface area contributed by atoms with Crippen molar-refractivity contribution in [2.75, 3.05) is 18.5 Å². The van der Waals surface area contributed by atoms with Gasteiger partial charge in [-0.2, -0.15) is 0 Å². The van der Waals surface area contributed by atoms with Crippen molar-refractivity contribution >= 4 is 29.2 Å². The van der Waals surface area contributed by atoms with E-state index in [9.17, 15) is 19.1 Å². The molecule has 1 aliphatic rings. The molecule has 0 saturated carbocycles. The average Bonchev–Trinajstić information content (AvgIpc) is 2.75. The fourth-order valence-electron chi connectivity index (χ4n) is 3.13. The average molecular weight is 428 g/mol. The summed E-state index contributed by atoms with van der Waals surface area (Å²) in [6.45, 7) is 0.889. The molecule has 8 heteroatoms. The molecule has 0 fully saturated rings. The van der Waals surface area contributed by atoms with Gasteiger partial charge in [0.1, 0.15) is 19.0 Å². The van der Waals surface area contributed by atoms with Gasteiger partial charge in [-0.3, -0.25) is 4.79 Å². The maximum atomic E-state index is 14.8. The number of halogens is 2. The number of carbonyl (C=O) groups excluding carboxylic acids is 1. The van der Waals surface area contributed by atoms with Gasteiger partial charge in [0.15, 0.2) is 11.5 Å². The normalized spacial score (nSPS) is 12.3. The number of amides is 1. The maximum Gasteiger partial charge on any atom is 0.336 e. The molecule has 3 aromatic carbocycles. The maximum absolute atomic E-state index is 14.8. The topological polar surface area (TPSA) is 84.9 Å². The second-order valence-corrected chi connectivity index (χ2v) is 6.89. The lowest BCUT2D eigenvalue weighted by molar-refractivity contribution is 0.0692. The highest BCUT2D eigenvalue weighted by molar-refractivity contribution is 6.34. The molecule has 1 heterocycles. The van der Waals surface area contributed by atoms with Crippen molar-refractivity contribution in [3.8, 4) is 22.6 Å². The van der Waals surface area contributed by atoms with Crippen LogP contribution in [0.25, 0.3) is 11.1 Å². The fourth-order valence-corrected chi connectivity index (χ4v) is 3.39. The Kier molecular flexibility index (Phi) is 5.29. The summed E-state index contributed by atoms with van der Waals surface area (Å²) in [4.78, 5) is 23.8. The summed E-state index contributed by atoms with van der Waals surface area (Å²) in [6.07, 6.45) is 0. The van der Waals surface area contributed by atoms with Crippen LogP contribution in [0.3, 0.4) is 0 Å². The van der Waals surface area contributed by atoms with E-state index < -0.39 is 17.7 Å². The summed E-state index contributed by atoms with van der Waals surface area (Å²) in [6, 6.07) is 13.6. The SMILES string of the molecule is O=C(O)c1ccccc1C(=O)Nc1c(F)cc(-c2ccc3c(c2)OCCO3)cc1Cl. The molecule has 0 radical (unpaired) electrons. The minimum Gasteiger partial charge on any atom is -0.486 e. The van der Waals surface area contributed by atoms with Crippen LogP contribution < -0.4 is 14.8 Å². The van der Waals surface area contributed by atoms with Crippen LogP contribution in [0.15, 0.2) is 54.6 Å². The minimum atomic E-state index is -1.26. The van der Waals surface area contributed by atoms with Crippen LogP contribution >= 0.6 is 11.6 Å². The first kappa shape index (κ1) is 19.7. The summed E-state index contributed by atoms with van der Waals surface area (Å²) in [5.74, 6) is -1.63. The second kappa shape index (κ2) is 8.04. The Labute approximate surface area is 175 Å². The molecule has 4 rings (SSSR count). The third kappa shape index (κ3) is 3.79. The van der Waals surface area contributed by atoms with E-state index in [1.165, 1.54) is 36.4 Å². The molecular weight excluding hydrogens is 413 g/mol. The molecule has 152 valence electrons. The minimum absolute atomic E-state index is 0.0268. The van der Waals surface area contributed by atoms with Gasteiger partial charge in [0, 0.05) is 0 Å². The van der Waals surface area contributed by atoms with Gasteiger partial charge >= 0.3 is 5.97 Å². The van der Waals surface area contributed by atoms with E-state index in [4.69, 9.17) is 21.1 Å². The van der Waals surface area contributed by atoms with Gasteiger partial charge in [0.2, 0.25) is 0 Å². The Balaban J connectivity index is 1.64. The van der Waals surface area contributed by atoms with E-state index in [2.05, 4.69) is 5.32 Å². The van der Waals surface area contributed by atoms with Gasteiger partial charge < -0.3 is 19.9 Å². The molecule has 0 unspecified atom stereocenters. The van der Waals surface area contributed by atoms with Crippen LogP contribution in [-0.4, -0.2) is 30.2 Å². The zero-order valence-corrected chi connectivity index (χ0v) is 16.2. The molecule has 0 aromatic heterocycles. The number of nitrogens with one attached hydrogen (secondary N) is 1. The first-order valence-electron chi connectivity index (χ1n) is 8.97. The highest BCUT2D eigenvalue weighted by Crippen LogP contribution is 2.37. The Morgan fingerprint density at radius 1 is 0.933 bits per heavy atom. The van der Waals surface area contributed by atoms with Gasteiger partial charge in [-0.05, 0) is 47.5 Å². The van der Waals surface area contributed by atoms with Gasteiger partial charge in [-0.25, -0.2) is 9.18 Å². The third-order valence-corrected chi connectivity index (χ3v) is 4.86. The lowest BCUT2D eigenvalue weighted by Gasteiger charge is -2.19. The quantitative estimate of drug-likeness (QED) is 0.620. The molecule has 3 aromatic rings. The molecule has 0 atom stereocenters. The van der Waals surface area contributed by atoms with Crippen LogP contribution in [0.1, 0.15) is 20.7 Å². The van der Waals surface area contributed by atoms with Crippen molar-refractivity contribution in [3.05, 3.63) is 76.6 Å². The third-order valence-electron chi connectivity index (χ3n) is 4.56. The summed E-state index contributed by atoms with van der Waals surface area (Å²) in [7, 11) is 0. The number of benzene rings is 3. The van der Waals surface area contributed by atoms with E-state index >= 15 is 0 Å². The smallest absolute Gasteiger partial charge is 0.336 e. The van der Waals surface area contributed by atoms with Gasteiger partial charge in [-0.15, -0.1) is 0 Å². The molecule has 0 aliphatic carbocycles. The number of carbonyl (C=O) groups is 2. The van der Waals surface area contributed by atoms with Crippen molar-refractivity contribution in [1.29, 1.82) is 0 Å². The Morgan fingerprint density at radius 3 is 2.33 bits per heavy atom. The number of carboxylic acid groups (broad SMARTS) is 1. The van der Waals surface area contributed by atoms with E-state index in [0.717, 1.165) is 0 Å². The highest BCUT2D eigenvalue weighted by Gasteiger charge is 2.20. The highest BCUT2D eigenvalue weighted by atomic mass is 35.5. The van der Waals surface area contributed by atoms with Gasteiger partial charge in [-0.1, -0.05) is 29.8 Å². The zero-order valence-electron chi connectivity index (χ0n) is 15.4. The Bertz CT molecular complexity index is 1140. The van der Waals surface area contributed by atoms with E-state index in [1.807, 2.05) is 0 Å². The van der Waals surface area contributed by atoms with Crippen LogP contribution in [-0.2, 0) is 0 Å². The van der Waals surface area contributed by atoms with Crippen LogP contribution in [0.5, 0.6) is 11.5 Å². The van der Waals surface area contributed by atoms with Crippen molar-refractivity contribution < 1.29 is 28.6 Å².